The lowest BCUT2D eigenvalue weighted by atomic mass is 9.67. The van der Waals surface area contributed by atoms with Crippen LogP contribution in [0, 0.1) is 5.41 Å². The average molecular weight is 290 g/mol. The summed E-state index contributed by atoms with van der Waals surface area (Å²) in [7, 11) is 0. The second kappa shape index (κ2) is 6.91. The van der Waals surface area contributed by atoms with E-state index >= 15 is 0 Å². The minimum atomic E-state index is -0.130. The number of benzene rings is 1. The van der Waals surface area contributed by atoms with Crippen molar-refractivity contribution in [1.82, 2.24) is 5.43 Å². The van der Waals surface area contributed by atoms with E-state index in [-0.39, 0.29) is 11.6 Å². The maximum Gasteiger partial charge on any atom is 0.0851 e. The molecule has 1 aromatic carbocycles. The maximum absolute atomic E-state index is 6.25. The van der Waals surface area contributed by atoms with Gasteiger partial charge < -0.3 is 4.74 Å². The SMILES string of the molecule is CCOC1(C(Cc2ccccc2)NN)CCC(C)(C)CC1. The quantitative estimate of drug-likeness (QED) is 0.623. The predicted molar refractivity (Wildman–Crippen MR) is 87.9 cm³/mol. The van der Waals surface area contributed by atoms with Gasteiger partial charge in [-0.3, -0.25) is 11.3 Å². The van der Waals surface area contributed by atoms with E-state index < -0.39 is 0 Å². The molecule has 1 aromatic rings. The van der Waals surface area contributed by atoms with Gasteiger partial charge >= 0.3 is 0 Å². The van der Waals surface area contributed by atoms with E-state index in [0.29, 0.717) is 5.41 Å². The van der Waals surface area contributed by atoms with E-state index in [1.807, 2.05) is 0 Å². The normalized spacial score (nSPS) is 21.9. The molecule has 1 unspecified atom stereocenters. The van der Waals surface area contributed by atoms with Gasteiger partial charge in [0.25, 0.3) is 0 Å². The Bertz CT molecular complexity index is 420. The molecule has 3 heteroatoms. The minimum absolute atomic E-state index is 0.130. The molecule has 1 aliphatic rings. The lowest BCUT2D eigenvalue weighted by molar-refractivity contribution is -0.106. The number of hydrazine groups is 1. The number of ether oxygens (including phenoxy) is 1. The molecule has 1 aliphatic carbocycles. The van der Waals surface area contributed by atoms with Crippen LogP contribution >= 0.6 is 0 Å². The van der Waals surface area contributed by atoms with Gasteiger partial charge in [-0.2, -0.15) is 0 Å². The molecule has 0 amide bonds. The second-order valence-electron chi connectivity index (χ2n) is 7.07. The fourth-order valence-electron chi connectivity index (χ4n) is 3.48. The van der Waals surface area contributed by atoms with Gasteiger partial charge in [0, 0.05) is 6.61 Å². The number of hydrogen-bond donors (Lipinski definition) is 2. The number of nitrogens with one attached hydrogen (secondary N) is 1. The molecule has 1 atom stereocenters. The van der Waals surface area contributed by atoms with Gasteiger partial charge in [-0.05, 0) is 50.0 Å². The van der Waals surface area contributed by atoms with Crippen molar-refractivity contribution in [3.8, 4) is 0 Å². The largest absolute Gasteiger partial charge is 0.374 e. The van der Waals surface area contributed by atoms with Crippen molar-refractivity contribution in [2.45, 2.75) is 64.5 Å². The Morgan fingerprint density at radius 1 is 1.14 bits per heavy atom. The molecule has 1 saturated carbocycles. The summed E-state index contributed by atoms with van der Waals surface area (Å²) in [6, 6.07) is 10.7. The third-order valence-electron chi connectivity index (χ3n) is 5.00. The zero-order valence-corrected chi connectivity index (χ0v) is 13.7. The van der Waals surface area contributed by atoms with Crippen molar-refractivity contribution < 1.29 is 4.74 Å². The van der Waals surface area contributed by atoms with Crippen LogP contribution in [0.2, 0.25) is 0 Å². The summed E-state index contributed by atoms with van der Waals surface area (Å²) in [4.78, 5) is 0. The summed E-state index contributed by atoms with van der Waals surface area (Å²) >= 11 is 0. The van der Waals surface area contributed by atoms with E-state index in [1.54, 1.807) is 0 Å². The summed E-state index contributed by atoms with van der Waals surface area (Å²) < 4.78 is 6.25. The van der Waals surface area contributed by atoms with E-state index in [0.717, 1.165) is 25.9 Å². The van der Waals surface area contributed by atoms with Crippen molar-refractivity contribution in [3.05, 3.63) is 35.9 Å². The van der Waals surface area contributed by atoms with E-state index in [9.17, 15) is 0 Å². The van der Waals surface area contributed by atoms with Gasteiger partial charge in [-0.1, -0.05) is 44.2 Å². The first kappa shape index (κ1) is 16.5. The first-order valence-electron chi connectivity index (χ1n) is 8.15. The zero-order chi connectivity index (χ0) is 15.3. The number of rotatable bonds is 6. The van der Waals surface area contributed by atoms with Gasteiger partial charge in [-0.15, -0.1) is 0 Å². The molecule has 0 heterocycles. The molecule has 0 saturated heterocycles. The van der Waals surface area contributed by atoms with Gasteiger partial charge in [0.2, 0.25) is 0 Å². The Balaban J connectivity index is 2.15. The average Bonchev–Trinajstić information content (AvgIpc) is 2.49. The Labute approximate surface area is 129 Å². The van der Waals surface area contributed by atoms with Gasteiger partial charge in [-0.25, -0.2) is 0 Å². The highest BCUT2D eigenvalue weighted by Gasteiger charge is 2.44. The summed E-state index contributed by atoms with van der Waals surface area (Å²) in [6.07, 6.45) is 5.46. The molecule has 21 heavy (non-hydrogen) atoms. The minimum Gasteiger partial charge on any atom is -0.374 e. The fourth-order valence-corrected chi connectivity index (χ4v) is 3.48. The highest BCUT2D eigenvalue weighted by atomic mass is 16.5. The van der Waals surface area contributed by atoms with Crippen LogP contribution in [0.1, 0.15) is 52.0 Å². The Morgan fingerprint density at radius 3 is 2.29 bits per heavy atom. The summed E-state index contributed by atoms with van der Waals surface area (Å²) in [5, 5.41) is 0. The second-order valence-corrected chi connectivity index (χ2v) is 7.07. The molecule has 0 bridgehead atoms. The monoisotopic (exact) mass is 290 g/mol. The van der Waals surface area contributed by atoms with Crippen LogP contribution in [0.3, 0.4) is 0 Å². The molecule has 2 rings (SSSR count). The standard InChI is InChI=1S/C18H30N2O/c1-4-21-18(12-10-17(2,3)11-13-18)16(20-19)14-15-8-6-5-7-9-15/h5-9,16,20H,4,10-14,19H2,1-3H3. The first-order chi connectivity index (χ1) is 10.0. The fraction of sp³-hybridized carbons (Fsp3) is 0.667. The van der Waals surface area contributed by atoms with Crippen molar-refractivity contribution in [2.24, 2.45) is 11.3 Å². The van der Waals surface area contributed by atoms with Gasteiger partial charge in [0.05, 0.1) is 11.6 Å². The third kappa shape index (κ3) is 4.06. The molecule has 3 N–H and O–H groups in total. The van der Waals surface area contributed by atoms with Crippen LogP contribution in [0.25, 0.3) is 0 Å². The van der Waals surface area contributed by atoms with Gasteiger partial charge in [0.15, 0.2) is 0 Å². The smallest absolute Gasteiger partial charge is 0.0851 e. The third-order valence-corrected chi connectivity index (χ3v) is 5.00. The molecule has 0 radical (unpaired) electrons. The van der Waals surface area contributed by atoms with Crippen molar-refractivity contribution >= 4 is 0 Å². The predicted octanol–water partition coefficient (Wildman–Crippen LogP) is 3.44. The topological polar surface area (TPSA) is 47.3 Å². The lowest BCUT2D eigenvalue weighted by Crippen LogP contribution is -2.58. The van der Waals surface area contributed by atoms with Crippen LogP contribution < -0.4 is 11.3 Å². The zero-order valence-electron chi connectivity index (χ0n) is 13.7. The van der Waals surface area contributed by atoms with Crippen LogP contribution in [0.4, 0.5) is 0 Å². The molecule has 0 aliphatic heterocycles. The van der Waals surface area contributed by atoms with Crippen molar-refractivity contribution in [2.75, 3.05) is 6.61 Å². The summed E-state index contributed by atoms with van der Waals surface area (Å²) in [6.45, 7) is 7.53. The van der Waals surface area contributed by atoms with Crippen LogP contribution in [0.5, 0.6) is 0 Å². The molecule has 118 valence electrons. The Kier molecular flexibility index (Phi) is 5.42. The van der Waals surface area contributed by atoms with Crippen LogP contribution in [-0.2, 0) is 11.2 Å². The molecule has 1 fully saturated rings. The first-order valence-corrected chi connectivity index (χ1v) is 8.15. The lowest BCUT2D eigenvalue weighted by Gasteiger charge is -2.47. The number of nitrogens with two attached hydrogens (primary N) is 1. The molecule has 3 nitrogen and oxygen atoms in total. The molecular formula is C18H30N2O. The molecular weight excluding hydrogens is 260 g/mol. The summed E-state index contributed by atoms with van der Waals surface area (Å²) in [5.41, 5.74) is 4.65. The van der Waals surface area contributed by atoms with E-state index in [1.165, 1.54) is 18.4 Å². The van der Waals surface area contributed by atoms with E-state index in [4.69, 9.17) is 10.6 Å². The van der Waals surface area contributed by atoms with Crippen molar-refractivity contribution in [3.63, 3.8) is 0 Å². The Hall–Kier alpha value is -0.900. The highest BCUT2D eigenvalue weighted by molar-refractivity contribution is 5.17. The van der Waals surface area contributed by atoms with Crippen molar-refractivity contribution in [1.29, 1.82) is 0 Å². The Morgan fingerprint density at radius 2 is 1.76 bits per heavy atom. The summed E-state index contributed by atoms with van der Waals surface area (Å²) in [5.74, 6) is 5.90. The molecule has 0 spiro atoms. The van der Waals surface area contributed by atoms with Crippen LogP contribution in [-0.4, -0.2) is 18.2 Å². The molecule has 0 aromatic heterocycles. The highest BCUT2D eigenvalue weighted by Crippen LogP contribution is 2.44. The van der Waals surface area contributed by atoms with Crippen LogP contribution in [0.15, 0.2) is 30.3 Å². The van der Waals surface area contributed by atoms with Gasteiger partial charge in [0.1, 0.15) is 0 Å². The van der Waals surface area contributed by atoms with E-state index in [2.05, 4.69) is 56.5 Å². The maximum atomic E-state index is 6.25. The number of hydrogen-bond acceptors (Lipinski definition) is 3.